The van der Waals surface area contributed by atoms with Gasteiger partial charge in [-0.1, -0.05) is 0 Å². The summed E-state index contributed by atoms with van der Waals surface area (Å²) in [5, 5.41) is 0. The van der Waals surface area contributed by atoms with Crippen LogP contribution in [0.25, 0.3) is 22.3 Å². The van der Waals surface area contributed by atoms with Crippen molar-refractivity contribution in [2.24, 2.45) is 0 Å². The Morgan fingerprint density at radius 1 is 0.487 bits per heavy atom. The second kappa shape index (κ2) is 10.5. The molecule has 4 aromatic carbocycles. The zero-order valence-corrected chi connectivity index (χ0v) is 29.1. The summed E-state index contributed by atoms with van der Waals surface area (Å²) in [6.07, 6.45) is 4.44. The molecular weight excluding hydrogens is 657 g/mol. The van der Waals surface area contributed by atoms with E-state index in [9.17, 15) is 0 Å². The summed E-state index contributed by atoms with van der Waals surface area (Å²) in [5.41, 5.74) is 13.9. The SMILES string of the molecule is CCC1(CC)c2ccccc2-c2ccc(C#[C][Hg][C]#Cc3ccc4c(c3)C(CC)(CC)c3ccccc3-4)cc21. The van der Waals surface area contributed by atoms with E-state index in [1.807, 2.05) is 0 Å². The van der Waals surface area contributed by atoms with Gasteiger partial charge < -0.3 is 0 Å². The maximum absolute atomic E-state index is 3.55. The molecule has 39 heavy (non-hydrogen) atoms. The van der Waals surface area contributed by atoms with E-state index in [4.69, 9.17) is 0 Å². The van der Waals surface area contributed by atoms with Gasteiger partial charge in [-0.25, -0.2) is 0 Å². The third-order valence-corrected chi connectivity index (χ3v) is 12.3. The molecule has 0 heterocycles. The predicted molar refractivity (Wildman–Crippen MR) is 160 cm³/mol. The first-order chi connectivity index (χ1) is 19.1. The Bertz CT molecular complexity index is 1560. The van der Waals surface area contributed by atoms with Gasteiger partial charge in [0.25, 0.3) is 0 Å². The molecule has 0 N–H and O–H groups in total. The third kappa shape index (κ3) is 4.03. The van der Waals surface area contributed by atoms with Crippen LogP contribution < -0.4 is 0 Å². The predicted octanol–water partition coefficient (Wildman–Crippen LogP) is 9.26. The van der Waals surface area contributed by atoms with Crippen LogP contribution in [-0.2, 0) is 35.4 Å². The molecule has 0 saturated carbocycles. The first kappa shape index (κ1) is 26.2. The first-order valence-electron chi connectivity index (χ1n) is 14.6. The van der Waals surface area contributed by atoms with Crippen molar-refractivity contribution in [1.29, 1.82) is 0 Å². The molecule has 188 valence electrons. The Labute approximate surface area is 246 Å². The van der Waals surface area contributed by atoms with E-state index in [0.717, 1.165) is 36.8 Å². The molecule has 0 aliphatic heterocycles. The van der Waals surface area contributed by atoms with Crippen LogP contribution >= 0.6 is 0 Å². The van der Waals surface area contributed by atoms with Crippen LogP contribution in [-0.4, -0.2) is 0 Å². The molecule has 1 heteroatoms. The van der Waals surface area contributed by atoms with E-state index in [-0.39, 0.29) is 10.8 Å². The standard InChI is InChI=1S/2C19H17.Hg/c2*1-4-14-11-12-16-15-9-7-8-10-17(15)19(5-2,6-3)18(16)13-14;/h2*7-13H,5-6H2,2-3H3;. The Hall–Kier alpha value is -3.06. The molecule has 4 aromatic rings. The van der Waals surface area contributed by atoms with Crippen LogP contribution in [0.15, 0.2) is 84.9 Å². The van der Waals surface area contributed by atoms with E-state index in [0.29, 0.717) is 0 Å². The summed E-state index contributed by atoms with van der Waals surface area (Å²) in [6.45, 7) is 9.29. The van der Waals surface area contributed by atoms with Crippen molar-refractivity contribution >= 4 is 0 Å². The Morgan fingerprint density at radius 2 is 0.872 bits per heavy atom. The van der Waals surface area contributed by atoms with Gasteiger partial charge in [-0.15, -0.1) is 0 Å². The molecular formula is C38H34Hg. The average Bonchev–Trinajstić information content (AvgIpc) is 3.43. The maximum atomic E-state index is 3.55. The minimum atomic E-state index is -1.63. The second-order valence-corrected chi connectivity index (χ2v) is 15.1. The minimum absolute atomic E-state index is 0.104. The van der Waals surface area contributed by atoms with Crippen molar-refractivity contribution in [3.05, 3.63) is 118 Å². The summed E-state index contributed by atoms with van der Waals surface area (Å²) >= 11 is -1.63. The molecule has 0 spiro atoms. The topological polar surface area (TPSA) is 0 Å². The molecule has 0 saturated heterocycles. The fourth-order valence-corrected chi connectivity index (χ4v) is 10.0. The molecule has 2 aliphatic rings. The molecule has 0 nitrogen and oxygen atoms in total. The molecule has 0 bridgehead atoms. The van der Waals surface area contributed by atoms with Crippen molar-refractivity contribution in [2.75, 3.05) is 0 Å². The molecule has 0 radical (unpaired) electrons. The van der Waals surface area contributed by atoms with Gasteiger partial charge in [-0.2, -0.15) is 0 Å². The molecule has 0 aromatic heterocycles. The van der Waals surface area contributed by atoms with Crippen molar-refractivity contribution in [3.8, 4) is 41.0 Å². The van der Waals surface area contributed by atoms with Crippen LogP contribution in [0.2, 0.25) is 0 Å². The van der Waals surface area contributed by atoms with E-state index < -0.39 is 24.6 Å². The summed E-state index contributed by atoms with van der Waals surface area (Å²) < 4.78 is 7.10. The molecule has 0 atom stereocenters. The Morgan fingerprint density at radius 3 is 1.28 bits per heavy atom. The summed E-state index contributed by atoms with van der Waals surface area (Å²) in [6, 6.07) is 31.6. The summed E-state index contributed by atoms with van der Waals surface area (Å²) in [7, 11) is 0. The van der Waals surface area contributed by atoms with Crippen LogP contribution in [0.4, 0.5) is 0 Å². The van der Waals surface area contributed by atoms with Crippen LogP contribution in [0.5, 0.6) is 0 Å². The van der Waals surface area contributed by atoms with Crippen molar-refractivity contribution in [2.45, 2.75) is 64.2 Å². The summed E-state index contributed by atoms with van der Waals surface area (Å²) in [5.74, 6) is 7.01. The quantitative estimate of drug-likeness (QED) is 0.148. The van der Waals surface area contributed by atoms with Crippen molar-refractivity contribution < 1.29 is 24.6 Å². The fraction of sp³-hybridized carbons (Fsp3) is 0.263. The Balaban J connectivity index is 1.25. The third-order valence-electron chi connectivity index (χ3n) is 9.59. The fourth-order valence-electron chi connectivity index (χ4n) is 7.43. The number of fused-ring (bicyclic) bond motifs is 6. The van der Waals surface area contributed by atoms with E-state index >= 15 is 0 Å². The normalized spacial score (nSPS) is 14.5. The molecule has 2 aliphatic carbocycles. The molecule has 6 rings (SSSR count). The zero-order valence-electron chi connectivity index (χ0n) is 23.6. The molecule has 0 fully saturated rings. The van der Waals surface area contributed by atoms with Gasteiger partial charge in [0.05, 0.1) is 0 Å². The summed E-state index contributed by atoms with van der Waals surface area (Å²) in [4.78, 5) is 0. The van der Waals surface area contributed by atoms with Crippen molar-refractivity contribution in [3.63, 3.8) is 0 Å². The van der Waals surface area contributed by atoms with E-state index in [2.05, 4.69) is 131 Å². The van der Waals surface area contributed by atoms with Gasteiger partial charge in [0.15, 0.2) is 0 Å². The zero-order chi connectivity index (χ0) is 27.0. The van der Waals surface area contributed by atoms with Gasteiger partial charge in [-0.3, -0.25) is 0 Å². The van der Waals surface area contributed by atoms with Gasteiger partial charge in [0, 0.05) is 0 Å². The van der Waals surface area contributed by atoms with E-state index in [1.165, 1.54) is 44.5 Å². The van der Waals surface area contributed by atoms with Crippen LogP contribution in [0, 0.1) is 18.7 Å². The van der Waals surface area contributed by atoms with Gasteiger partial charge in [0.2, 0.25) is 0 Å². The number of benzene rings is 4. The van der Waals surface area contributed by atoms with Crippen LogP contribution in [0.1, 0.15) is 86.8 Å². The van der Waals surface area contributed by atoms with Gasteiger partial charge >= 0.3 is 248 Å². The average molecular weight is 691 g/mol. The van der Waals surface area contributed by atoms with Crippen LogP contribution in [0.3, 0.4) is 0 Å². The molecule has 0 unspecified atom stereocenters. The number of rotatable bonds is 4. The van der Waals surface area contributed by atoms with Gasteiger partial charge in [0.1, 0.15) is 0 Å². The number of hydrogen-bond acceptors (Lipinski definition) is 0. The van der Waals surface area contributed by atoms with Crippen molar-refractivity contribution in [1.82, 2.24) is 0 Å². The van der Waals surface area contributed by atoms with Gasteiger partial charge in [-0.05, 0) is 0 Å². The number of hydrogen-bond donors (Lipinski definition) is 0. The van der Waals surface area contributed by atoms with E-state index in [1.54, 1.807) is 0 Å². The second-order valence-electron chi connectivity index (χ2n) is 11.0. The Kier molecular flexibility index (Phi) is 7.04. The first-order valence-corrected chi connectivity index (χ1v) is 20.1. The monoisotopic (exact) mass is 692 g/mol. The molecule has 0 amide bonds.